The maximum absolute atomic E-state index is 12.6. The number of benzene rings is 3. The third kappa shape index (κ3) is 4.89. The molecule has 0 fully saturated rings. The zero-order chi connectivity index (χ0) is 23.5. The molecule has 0 aliphatic heterocycles. The van der Waals surface area contributed by atoms with Crippen molar-refractivity contribution >= 4 is 50.6 Å². The van der Waals surface area contributed by atoms with Crippen LogP contribution in [0.15, 0.2) is 79.8 Å². The molecule has 0 radical (unpaired) electrons. The number of carbonyl (C=O) groups is 1. The van der Waals surface area contributed by atoms with Crippen molar-refractivity contribution in [1.29, 1.82) is 0 Å². The smallest absolute Gasteiger partial charge is 0.349 e. The first-order valence-electron chi connectivity index (χ1n) is 9.56. The maximum atomic E-state index is 12.6. The van der Waals surface area contributed by atoms with Gasteiger partial charge in [0.15, 0.2) is 5.75 Å². The summed E-state index contributed by atoms with van der Waals surface area (Å²) in [4.78, 5) is 38.4. The molecule has 0 unspecified atom stereocenters. The van der Waals surface area contributed by atoms with E-state index in [-0.39, 0.29) is 17.2 Å². The van der Waals surface area contributed by atoms with Crippen LogP contribution in [0.4, 0.5) is 0 Å². The largest absolute Gasteiger partial charge is 0.486 e. The average molecular weight is 529 g/mol. The molecule has 1 aromatic heterocycles. The van der Waals surface area contributed by atoms with Gasteiger partial charge >= 0.3 is 11.7 Å². The van der Waals surface area contributed by atoms with Gasteiger partial charge in [-0.2, -0.15) is 5.10 Å². The van der Waals surface area contributed by atoms with Crippen LogP contribution >= 0.6 is 27.5 Å². The number of ether oxygens (including phenoxy) is 1. The summed E-state index contributed by atoms with van der Waals surface area (Å²) in [6, 6.07) is 16.2. The Hall–Kier alpha value is -3.69. The molecule has 4 rings (SSSR count). The Morgan fingerprint density at radius 1 is 1.15 bits per heavy atom. The second-order valence-corrected chi connectivity index (χ2v) is 8.20. The number of rotatable bonds is 6. The molecular weight excluding hydrogens is 514 g/mol. The molecule has 3 aromatic carbocycles. The molecule has 0 saturated heterocycles. The van der Waals surface area contributed by atoms with E-state index < -0.39 is 17.2 Å². The number of H-pyrrole nitrogens is 1. The van der Waals surface area contributed by atoms with Crippen molar-refractivity contribution in [3.05, 3.63) is 108 Å². The molecule has 0 spiro atoms. The molecule has 10 heteroatoms. The monoisotopic (exact) mass is 527 g/mol. The van der Waals surface area contributed by atoms with Crippen molar-refractivity contribution in [3.8, 4) is 5.75 Å². The number of aromatic carboxylic acids is 1. The molecular formula is C23H15BrClN3O5. The molecule has 0 saturated carbocycles. The van der Waals surface area contributed by atoms with Crippen molar-refractivity contribution < 1.29 is 14.6 Å². The van der Waals surface area contributed by atoms with Gasteiger partial charge in [0, 0.05) is 0 Å². The Morgan fingerprint density at radius 3 is 2.58 bits per heavy atom. The number of hydrogen-bond acceptors (Lipinski definition) is 5. The van der Waals surface area contributed by atoms with Crippen LogP contribution in [0.5, 0.6) is 5.75 Å². The van der Waals surface area contributed by atoms with Gasteiger partial charge in [0.1, 0.15) is 6.61 Å². The van der Waals surface area contributed by atoms with Crippen LogP contribution in [0.3, 0.4) is 0 Å². The lowest BCUT2D eigenvalue weighted by molar-refractivity contribution is 0.0697. The van der Waals surface area contributed by atoms with Crippen LogP contribution in [0.1, 0.15) is 21.5 Å². The second kappa shape index (κ2) is 9.43. The average Bonchev–Trinajstić information content (AvgIpc) is 2.78. The summed E-state index contributed by atoms with van der Waals surface area (Å²) in [6.07, 6.45) is 1.34. The minimum Gasteiger partial charge on any atom is -0.486 e. The molecule has 0 aliphatic carbocycles. The van der Waals surface area contributed by atoms with Crippen molar-refractivity contribution in [2.45, 2.75) is 6.61 Å². The van der Waals surface area contributed by atoms with Crippen LogP contribution in [0, 0.1) is 0 Å². The molecule has 4 aromatic rings. The lowest BCUT2D eigenvalue weighted by atomic mass is 10.1. The Morgan fingerprint density at radius 2 is 1.88 bits per heavy atom. The summed E-state index contributed by atoms with van der Waals surface area (Å²) in [7, 11) is 0. The quantitative estimate of drug-likeness (QED) is 0.363. The molecule has 0 bridgehead atoms. The molecule has 2 N–H and O–H groups in total. The van der Waals surface area contributed by atoms with E-state index in [4.69, 9.17) is 21.4 Å². The Balaban J connectivity index is 1.56. The standard InChI is InChI=1S/C23H15BrClN3O5/c24-17-9-14(11-26-28-21(29)16-3-1-2-4-19(16)27-23(28)32)10-18(25)20(17)33-12-13-5-7-15(8-6-13)22(30)31/h1-11H,12H2,(H,27,32)(H,30,31). The van der Waals surface area contributed by atoms with Crippen molar-refractivity contribution in [2.75, 3.05) is 0 Å². The molecule has 166 valence electrons. The van der Waals surface area contributed by atoms with Crippen LogP contribution in [-0.4, -0.2) is 27.0 Å². The Kier molecular flexibility index (Phi) is 6.43. The van der Waals surface area contributed by atoms with E-state index >= 15 is 0 Å². The number of hydrogen-bond donors (Lipinski definition) is 2. The normalized spacial score (nSPS) is 11.2. The topological polar surface area (TPSA) is 114 Å². The lowest BCUT2D eigenvalue weighted by Gasteiger charge is -2.11. The van der Waals surface area contributed by atoms with Crippen molar-refractivity contribution in [1.82, 2.24) is 9.66 Å². The number of halogens is 2. The summed E-state index contributed by atoms with van der Waals surface area (Å²) in [5, 5.41) is 13.6. The number of para-hydroxylation sites is 1. The van der Waals surface area contributed by atoms with Crippen molar-refractivity contribution in [2.24, 2.45) is 5.10 Å². The van der Waals surface area contributed by atoms with E-state index in [1.807, 2.05) is 0 Å². The first-order chi connectivity index (χ1) is 15.8. The minimum atomic E-state index is -1.00. The van der Waals surface area contributed by atoms with Gasteiger partial charge in [-0.15, -0.1) is 4.68 Å². The Labute approximate surface area is 199 Å². The molecule has 8 nitrogen and oxygen atoms in total. The van der Waals surface area contributed by atoms with Crippen LogP contribution < -0.4 is 16.0 Å². The molecule has 0 amide bonds. The zero-order valence-electron chi connectivity index (χ0n) is 16.8. The Bertz CT molecular complexity index is 1490. The third-order valence-electron chi connectivity index (χ3n) is 4.71. The second-order valence-electron chi connectivity index (χ2n) is 6.94. The summed E-state index contributed by atoms with van der Waals surface area (Å²) in [5.41, 5.74) is 0.724. The van der Waals surface area contributed by atoms with E-state index in [0.29, 0.717) is 26.7 Å². The highest BCUT2D eigenvalue weighted by Gasteiger charge is 2.11. The predicted molar refractivity (Wildman–Crippen MR) is 129 cm³/mol. The summed E-state index contributed by atoms with van der Waals surface area (Å²) < 4.78 is 7.06. The van der Waals surface area contributed by atoms with Gasteiger partial charge in [-0.3, -0.25) is 4.79 Å². The van der Waals surface area contributed by atoms with E-state index in [1.165, 1.54) is 18.3 Å². The van der Waals surface area contributed by atoms with E-state index in [1.54, 1.807) is 48.5 Å². The lowest BCUT2D eigenvalue weighted by Crippen LogP contribution is -2.32. The van der Waals surface area contributed by atoms with Gasteiger partial charge < -0.3 is 14.8 Å². The summed E-state index contributed by atoms with van der Waals surface area (Å²) >= 11 is 9.76. The molecule has 0 aliphatic rings. The van der Waals surface area contributed by atoms with Crippen LogP contribution in [-0.2, 0) is 6.61 Å². The zero-order valence-corrected chi connectivity index (χ0v) is 19.1. The molecule has 1 heterocycles. The SMILES string of the molecule is O=C(O)c1ccc(COc2c(Cl)cc(C=Nn3c(=O)[nH]c4ccccc4c3=O)cc2Br)cc1. The van der Waals surface area contributed by atoms with Gasteiger partial charge in [0.25, 0.3) is 5.56 Å². The fourth-order valence-corrected chi connectivity index (χ4v) is 4.06. The maximum Gasteiger partial charge on any atom is 0.349 e. The van der Waals surface area contributed by atoms with Gasteiger partial charge in [-0.05, 0) is 63.5 Å². The highest BCUT2D eigenvalue weighted by Crippen LogP contribution is 2.34. The van der Waals surface area contributed by atoms with E-state index in [2.05, 4.69) is 26.0 Å². The number of fused-ring (bicyclic) bond motifs is 1. The minimum absolute atomic E-state index is 0.174. The van der Waals surface area contributed by atoms with Crippen LogP contribution in [0.25, 0.3) is 10.9 Å². The highest BCUT2D eigenvalue weighted by atomic mass is 79.9. The fraction of sp³-hybridized carbons (Fsp3) is 0.0435. The highest BCUT2D eigenvalue weighted by molar-refractivity contribution is 9.10. The molecule has 0 atom stereocenters. The van der Waals surface area contributed by atoms with Crippen molar-refractivity contribution in [3.63, 3.8) is 0 Å². The van der Waals surface area contributed by atoms with E-state index in [0.717, 1.165) is 10.2 Å². The first-order valence-corrected chi connectivity index (χ1v) is 10.7. The molecule has 33 heavy (non-hydrogen) atoms. The number of carboxylic acids is 1. The first kappa shape index (κ1) is 22.5. The number of nitrogens with zero attached hydrogens (tertiary/aromatic N) is 2. The van der Waals surface area contributed by atoms with Gasteiger partial charge in [-0.1, -0.05) is 35.9 Å². The number of aromatic nitrogens is 2. The van der Waals surface area contributed by atoms with Crippen LogP contribution in [0.2, 0.25) is 5.02 Å². The van der Waals surface area contributed by atoms with E-state index in [9.17, 15) is 14.4 Å². The third-order valence-corrected chi connectivity index (χ3v) is 5.58. The van der Waals surface area contributed by atoms with Gasteiger partial charge in [0.2, 0.25) is 0 Å². The fourth-order valence-electron chi connectivity index (χ4n) is 3.07. The number of aromatic amines is 1. The van der Waals surface area contributed by atoms with Gasteiger partial charge in [-0.25, -0.2) is 9.59 Å². The summed E-state index contributed by atoms with van der Waals surface area (Å²) in [6.45, 7) is 0.174. The van der Waals surface area contributed by atoms with Gasteiger partial charge in [0.05, 0.1) is 32.2 Å². The summed E-state index contributed by atoms with van der Waals surface area (Å²) in [5.74, 6) is -0.615. The predicted octanol–water partition coefficient (Wildman–Crippen LogP) is 4.27. The number of carboxylic acid groups (broad SMARTS) is 1. The number of nitrogens with one attached hydrogen (secondary N) is 1.